The van der Waals surface area contributed by atoms with Crippen molar-refractivity contribution >= 4 is 29.4 Å². The minimum absolute atomic E-state index is 0.0827. The maximum absolute atomic E-state index is 13.5. The lowest BCUT2D eigenvalue weighted by Gasteiger charge is -2.26. The monoisotopic (exact) mass is 369 g/mol. The molecule has 1 amide bonds. The minimum atomic E-state index is -0.936. The van der Waals surface area contributed by atoms with Gasteiger partial charge in [-0.3, -0.25) is 4.79 Å². The second-order valence-corrected chi connectivity index (χ2v) is 7.49. The summed E-state index contributed by atoms with van der Waals surface area (Å²) in [5, 5.41) is 2.89. The zero-order valence-electron chi connectivity index (χ0n) is 12.5. The van der Waals surface area contributed by atoms with Crippen LogP contribution in [0.2, 0.25) is 0 Å². The molecule has 3 rings (SSSR count). The molecule has 0 aliphatic carbocycles. The molecule has 1 heterocycles. The summed E-state index contributed by atoms with van der Waals surface area (Å²) in [7, 11) is 0. The highest BCUT2D eigenvalue weighted by Crippen LogP contribution is 2.36. The molecule has 0 saturated heterocycles. The molecule has 126 valence electrons. The Morgan fingerprint density at radius 2 is 2.00 bits per heavy atom. The number of thioether (sulfide) groups is 2. The molecule has 0 saturated carbocycles. The third-order valence-electron chi connectivity index (χ3n) is 3.61. The third-order valence-corrected chi connectivity index (χ3v) is 5.72. The second-order valence-electron chi connectivity index (χ2n) is 5.30. The van der Waals surface area contributed by atoms with Crippen LogP contribution in [-0.4, -0.2) is 17.4 Å². The van der Waals surface area contributed by atoms with E-state index in [-0.39, 0.29) is 23.5 Å². The van der Waals surface area contributed by atoms with Gasteiger partial charge in [0.05, 0.1) is 11.8 Å². The SMILES string of the molecule is O=C(CSc1ccc(F)c(F)c1)N[C@H]1CCSc2ccc(F)cc21. The largest absolute Gasteiger partial charge is 0.348 e. The zero-order valence-corrected chi connectivity index (χ0v) is 14.2. The van der Waals surface area contributed by atoms with Gasteiger partial charge >= 0.3 is 0 Å². The summed E-state index contributed by atoms with van der Waals surface area (Å²) in [6.07, 6.45) is 0.725. The van der Waals surface area contributed by atoms with Crippen LogP contribution in [0.15, 0.2) is 46.2 Å². The Kier molecular flexibility index (Phi) is 5.40. The highest BCUT2D eigenvalue weighted by atomic mass is 32.2. The predicted octanol–water partition coefficient (Wildman–Crippen LogP) is 4.55. The number of benzene rings is 2. The van der Waals surface area contributed by atoms with E-state index >= 15 is 0 Å². The van der Waals surface area contributed by atoms with E-state index in [1.807, 2.05) is 0 Å². The van der Waals surface area contributed by atoms with Gasteiger partial charge in [0.15, 0.2) is 11.6 Å². The number of nitrogens with one attached hydrogen (secondary N) is 1. The van der Waals surface area contributed by atoms with Crippen LogP contribution in [0, 0.1) is 17.5 Å². The van der Waals surface area contributed by atoms with Gasteiger partial charge < -0.3 is 5.32 Å². The average molecular weight is 369 g/mol. The van der Waals surface area contributed by atoms with Crippen molar-refractivity contribution in [1.29, 1.82) is 0 Å². The number of carbonyl (C=O) groups is 1. The van der Waals surface area contributed by atoms with Gasteiger partial charge in [0.1, 0.15) is 5.82 Å². The maximum atomic E-state index is 13.5. The molecule has 1 N–H and O–H groups in total. The molecule has 0 spiro atoms. The standard InChI is InChI=1S/C17H14F3NOS2/c18-10-1-4-16-12(7-10)15(5-6-23-16)21-17(22)9-24-11-2-3-13(19)14(20)8-11/h1-4,7-8,15H,5-6,9H2,(H,21,22)/t15-/m0/s1. The normalized spacial score (nSPS) is 16.5. The van der Waals surface area contributed by atoms with E-state index in [2.05, 4.69) is 5.32 Å². The highest BCUT2D eigenvalue weighted by molar-refractivity contribution is 8.00. The molecule has 2 aromatic carbocycles. The molecule has 0 aromatic heterocycles. The lowest BCUT2D eigenvalue weighted by atomic mass is 10.0. The van der Waals surface area contributed by atoms with Crippen LogP contribution in [0.25, 0.3) is 0 Å². The van der Waals surface area contributed by atoms with Crippen LogP contribution in [0.1, 0.15) is 18.0 Å². The number of rotatable bonds is 4. The van der Waals surface area contributed by atoms with Crippen LogP contribution >= 0.6 is 23.5 Å². The van der Waals surface area contributed by atoms with Gasteiger partial charge in [0.25, 0.3) is 0 Å². The predicted molar refractivity (Wildman–Crippen MR) is 89.7 cm³/mol. The van der Waals surface area contributed by atoms with Crippen molar-refractivity contribution in [2.45, 2.75) is 22.3 Å². The second kappa shape index (κ2) is 7.53. The van der Waals surface area contributed by atoms with Crippen LogP contribution in [0.3, 0.4) is 0 Å². The molecule has 1 aliphatic rings. The van der Waals surface area contributed by atoms with Crippen molar-refractivity contribution in [2.75, 3.05) is 11.5 Å². The van der Waals surface area contributed by atoms with Crippen molar-refractivity contribution in [2.24, 2.45) is 0 Å². The van der Waals surface area contributed by atoms with E-state index in [1.54, 1.807) is 17.8 Å². The Morgan fingerprint density at radius 3 is 2.79 bits per heavy atom. The van der Waals surface area contributed by atoms with Gasteiger partial charge in [-0.05, 0) is 48.4 Å². The summed E-state index contributed by atoms with van der Waals surface area (Å²) in [4.78, 5) is 13.6. The van der Waals surface area contributed by atoms with E-state index in [4.69, 9.17) is 0 Å². The number of amides is 1. The van der Waals surface area contributed by atoms with Gasteiger partial charge in [-0.1, -0.05) is 0 Å². The Bertz CT molecular complexity index is 769. The first kappa shape index (κ1) is 17.2. The van der Waals surface area contributed by atoms with Crippen LogP contribution in [0.4, 0.5) is 13.2 Å². The van der Waals surface area contributed by atoms with Crippen LogP contribution < -0.4 is 5.32 Å². The fourth-order valence-electron chi connectivity index (χ4n) is 2.47. The summed E-state index contributed by atoms with van der Waals surface area (Å²) in [5.74, 6) is -1.47. The van der Waals surface area contributed by atoms with Gasteiger partial charge in [-0.15, -0.1) is 23.5 Å². The number of fused-ring (bicyclic) bond motifs is 1. The molecule has 2 nitrogen and oxygen atoms in total. The van der Waals surface area contributed by atoms with Crippen molar-refractivity contribution in [3.63, 3.8) is 0 Å². The zero-order chi connectivity index (χ0) is 17.1. The fourth-order valence-corrected chi connectivity index (χ4v) is 4.30. The average Bonchev–Trinajstić information content (AvgIpc) is 2.56. The Morgan fingerprint density at radius 1 is 1.17 bits per heavy atom. The van der Waals surface area contributed by atoms with E-state index in [1.165, 1.54) is 18.2 Å². The van der Waals surface area contributed by atoms with Crippen molar-refractivity contribution in [3.8, 4) is 0 Å². The van der Waals surface area contributed by atoms with Crippen LogP contribution in [-0.2, 0) is 4.79 Å². The number of hydrogen-bond donors (Lipinski definition) is 1. The van der Waals surface area contributed by atoms with E-state index in [0.717, 1.165) is 46.5 Å². The number of carbonyl (C=O) groups excluding carboxylic acids is 1. The quantitative estimate of drug-likeness (QED) is 0.802. The molecular formula is C17H14F3NOS2. The highest BCUT2D eigenvalue weighted by Gasteiger charge is 2.22. The summed E-state index contributed by atoms with van der Waals surface area (Å²) >= 11 is 2.77. The lowest BCUT2D eigenvalue weighted by Crippen LogP contribution is -2.32. The van der Waals surface area contributed by atoms with E-state index < -0.39 is 11.6 Å². The molecule has 1 aliphatic heterocycles. The Hall–Kier alpha value is -1.60. The topological polar surface area (TPSA) is 29.1 Å². The van der Waals surface area contributed by atoms with E-state index in [9.17, 15) is 18.0 Å². The molecular weight excluding hydrogens is 355 g/mol. The van der Waals surface area contributed by atoms with Gasteiger partial charge in [0.2, 0.25) is 5.91 Å². The summed E-state index contributed by atoms with van der Waals surface area (Å²) in [5.41, 5.74) is 0.789. The molecule has 1 atom stereocenters. The van der Waals surface area contributed by atoms with Crippen molar-refractivity contribution in [1.82, 2.24) is 5.32 Å². The summed E-state index contributed by atoms with van der Waals surface area (Å²) in [6.45, 7) is 0. The summed E-state index contributed by atoms with van der Waals surface area (Å²) < 4.78 is 39.5. The molecule has 0 unspecified atom stereocenters. The first-order valence-electron chi connectivity index (χ1n) is 7.32. The molecule has 24 heavy (non-hydrogen) atoms. The van der Waals surface area contributed by atoms with Crippen molar-refractivity contribution in [3.05, 3.63) is 59.4 Å². The van der Waals surface area contributed by atoms with Gasteiger partial charge in [-0.2, -0.15) is 0 Å². The number of halogens is 3. The molecule has 7 heteroatoms. The Labute approximate surface area is 146 Å². The first-order valence-corrected chi connectivity index (χ1v) is 9.29. The fraction of sp³-hybridized carbons (Fsp3) is 0.235. The smallest absolute Gasteiger partial charge is 0.230 e. The van der Waals surface area contributed by atoms with Crippen molar-refractivity contribution < 1.29 is 18.0 Å². The maximum Gasteiger partial charge on any atom is 0.230 e. The van der Waals surface area contributed by atoms with Gasteiger partial charge in [-0.25, -0.2) is 13.2 Å². The summed E-state index contributed by atoms with van der Waals surface area (Å²) in [6, 6.07) is 7.89. The molecule has 2 aromatic rings. The van der Waals surface area contributed by atoms with Crippen LogP contribution in [0.5, 0.6) is 0 Å². The lowest BCUT2D eigenvalue weighted by molar-refractivity contribution is -0.119. The van der Waals surface area contributed by atoms with E-state index in [0.29, 0.717) is 4.90 Å². The molecule has 0 fully saturated rings. The minimum Gasteiger partial charge on any atom is -0.348 e. The molecule has 0 radical (unpaired) electrons. The first-order chi connectivity index (χ1) is 11.5. The van der Waals surface area contributed by atoms with Gasteiger partial charge in [0, 0.05) is 15.5 Å². The third kappa shape index (κ3) is 4.08. The number of hydrogen-bond acceptors (Lipinski definition) is 3. The molecule has 0 bridgehead atoms. The Balaban J connectivity index is 1.61.